The number of benzene rings is 3. The van der Waals surface area contributed by atoms with E-state index in [1.807, 2.05) is 24.3 Å². The zero-order valence-electron chi connectivity index (χ0n) is 37.6. The van der Waals surface area contributed by atoms with Gasteiger partial charge in [0.2, 0.25) is 17.7 Å². The molecular formula is C47H58N10O8. The molecule has 18 heteroatoms. The lowest BCUT2D eigenvalue weighted by Gasteiger charge is -2.32. The van der Waals surface area contributed by atoms with Crippen molar-refractivity contribution >= 4 is 29.6 Å². The van der Waals surface area contributed by atoms with E-state index in [2.05, 4.69) is 46.7 Å². The molecule has 0 saturated heterocycles. The van der Waals surface area contributed by atoms with Crippen molar-refractivity contribution in [2.75, 3.05) is 46.5 Å². The van der Waals surface area contributed by atoms with Gasteiger partial charge in [-0.3, -0.25) is 19.2 Å². The van der Waals surface area contributed by atoms with Gasteiger partial charge in [-0.1, -0.05) is 57.2 Å². The van der Waals surface area contributed by atoms with Gasteiger partial charge in [0.15, 0.2) is 12.4 Å². The Morgan fingerprint density at radius 2 is 1.57 bits per heavy atom. The summed E-state index contributed by atoms with van der Waals surface area (Å²) in [6.45, 7) is 9.53. The normalized spacial score (nSPS) is 16.7. The number of likely N-dealkylation sites (N-methyl/N-ethyl adjacent to an activating group) is 1. The van der Waals surface area contributed by atoms with Gasteiger partial charge in [-0.25, -0.2) is 14.8 Å². The third kappa shape index (κ3) is 12.2. The van der Waals surface area contributed by atoms with Crippen molar-refractivity contribution in [2.24, 2.45) is 17.2 Å². The number of nitriles is 1. The van der Waals surface area contributed by atoms with Crippen LogP contribution in [-0.4, -0.2) is 109 Å². The van der Waals surface area contributed by atoms with E-state index in [1.165, 1.54) is 25.1 Å². The highest BCUT2D eigenvalue weighted by Crippen LogP contribution is 2.40. The molecule has 0 saturated carbocycles. The third-order valence-corrected chi connectivity index (χ3v) is 10.8. The number of rotatable bonds is 15. The minimum Gasteiger partial charge on any atom is -0.492 e. The first-order chi connectivity index (χ1) is 31.0. The number of aryl methyl sites for hydroxylation is 1. The fraction of sp³-hybridized carbons (Fsp3) is 0.404. The van der Waals surface area contributed by atoms with Crippen LogP contribution < -0.4 is 42.6 Å². The zero-order valence-corrected chi connectivity index (χ0v) is 37.6. The van der Waals surface area contributed by atoms with Gasteiger partial charge in [-0.05, 0) is 73.2 Å². The first-order valence-corrected chi connectivity index (χ1v) is 21.3. The molecule has 2 heterocycles. The minimum absolute atomic E-state index is 0.00475. The van der Waals surface area contributed by atoms with Gasteiger partial charge in [0.1, 0.15) is 54.9 Å². The van der Waals surface area contributed by atoms with Gasteiger partial charge in [0.05, 0.1) is 11.3 Å². The fourth-order valence-corrected chi connectivity index (χ4v) is 7.25. The maximum atomic E-state index is 14.6. The Bertz CT molecular complexity index is 2410. The third-order valence-electron chi connectivity index (χ3n) is 10.8. The molecule has 0 aliphatic carbocycles. The van der Waals surface area contributed by atoms with Gasteiger partial charge in [-0.15, -0.1) is 0 Å². The van der Waals surface area contributed by atoms with Crippen LogP contribution in [0.5, 0.6) is 11.5 Å². The Morgan fingerprint density at radius 3 is 2.17 bits per heavy atom. The van der Waals surface area contributed by atoms with E-state index in [1.54, 1.807) is 49.4 Å². The van der Waals surface area contributed by atoms with Crippen molar-refractivity contribution < 1.29 is 38.2 Å². The molecule has 1 aliphatic heterocycles. The highest BCUT2D eigenvalue weighted by atomic mass is 16.5. The van der Waals surface area contributed by atoms with E-state index in [9.17, 15) is 24.0 Å². The van der Waals surface area contributed by atoms with Crippen LogP contribution in [-0.2, 0) is 35.8 Å². The molecule has 0 radical (unpaired) electrons. The molecule has 18 nitrogen and oxygen atoms in total. The van der Waals surface area contributed by atoms with Gasteiger partial charge in [0, 0.05) is 49.4 Å². The van der Waals surface area contributed by atoms with Crippen molar-refractivity contribution in [2.45, 2.75) is 77.0 Å². The van der Waals surface area contributed by atoms with E-state index in [4.69, 9.17) is 36.7 Å². The number of hydrogen-bond donors (Lipinski definition) is 6. The van der Waals surface area contributed by atoms with Crippen molar-refractivity contribution in [3.63, 3.8) is 0 Å². The van der Waals surface area contributed by atoms with Crippen molar-refractivity contribution in [1.29, 1.82) is 5.26 Å². The number of ether oxygens (including phenoxy) is 3. The summed E-state index contributed by atoms with van der Waals surface area (Å²) in [4.78, 5) is 80.2. The topological polar surface area (TPSA) is 280 Å². The van der Waals surface area contributed by atoms with Crippen molar-refractivity contribution in [1.82, 2.24) is 30.8 Å². The molecule has 4 bridgehead atoms. The summed E-state index contributed by atoms with van der Waals surface area (Å²) in [5.41, 5.74) is 21.8. The van der Waals surface area contributed by atoms with Gasteiger partial charge in [-0.2, -0.15) is 5.26 Å². The number of fused-ring (bicyclic) bond motifs is 5. The van der Waals surface area contributed by atoms with E-state index in [-0.39, 0.29) is 56.7 Å². The second-order valence-corrected chi connectivity index (χ2v) is 16.6. The number of carbonyl (C=O) groups excluding carboxylic acids is 5. The molecule has 4 aromatic rings. The highest BCUT2D eigenvalue weighted by molar-refractivity contribution is 6.00. The summed E-state index contributed by atoms with van der Waals surface area (Å²) in [7, 11) is 1.40. The summed E-state index contributed by atoms with van der Waals surface area (Å²) in [5.74, 6) is -2.52. The van der Waals surface area contributed by atoms with Crippen LogP contribution >= 0.6 is 0 Å². The van der Waals surface area contributed by atoms with Crippen molar-refractivity contribution in [3.05, 3.63) is 94.8 Å². The van der Waals surface area contributed by atoms with Crippen LogP contribution in [0.15, 0.2) is 66.9 Å². The Morgan fingerprint density at radius 1 is 0.923 bits per heavy atom. The maximum absolute atomic E-state index is 14.6. The molecule has 4 amide bonds. The molecule has 9 N–H and O–H groups in total. The van der Waals surface area contributed by atoms with Crippen LogP contribution in [0.25, 0.3) is 22.5 Å². The summed E-state index contributed by atoms with van der Waals surface area (Å²) >= 11 is 0. The Balaban J connectivity index is 1.55. The molecule has 0 fully saturated rings. The van der Waals surface area contributed by atoms with Gasteiger partial charge in [0.25, 0.3) is 5.91 Å². The molecule has 5 rings (SSSR count). The molecule has 4 atom stereocenters. The Labute approximate surface area is 378 Å². The lowest BCUT2D eigenvalue weighted by atomic mass is 9.87. The number of nitrogens with two attached hydrogens (primary N) is 3. The van der Waals surface area contributed by atoms with Crippen LogP contribution in [0, 0.1) is 18.3 Å². The Hall–Kier alpha value is -6.94. The standard InChI is InChI=1S/C47H58N10O8/c1-27-35(26-52-41(53-27)30-8-11-32(12-9-30)47(3,4)5)43(59)55-36(15-16-48)45(61)57(6)40-31-10-14-39(64-21-18-50)34(25-31)33-23-29(7-13-38(33)63-20-17-49)24-37(46(62)65-22-19-51)56-42(58)28(2)54-44(40)60/h7-14,23,25-26,28,36-37,40H,15-18,20-22,24,48-50H2,1-6H3,(H,54,60)(H,55,59)(H,56,58)/t28-,36-,37-,40-/m0/s1. The van der Waals surface area contributed by atoms with E-state index in [0.717, 1.165) is 11.1 Å². The average molecular weight is 891 g/mol. The lowest BCUT2D eigenvalue weighted by Crippen LogP contribution is -2.55. The molecule has 3 aromatic carbocycles. The lowest BCUT2D eigenvalue weighted by molar-refractivity contribution is -0.147. The second kappa shape index (κ2) is 22.1. The monoisotopic (exact) mass is 890 g/mol. The SMILES string of the molecule is Cc1nc(-c2ccc(C(C)(C)C)cc2)ncc1C(=O)N[C@@H](CCN)C(=O)N(C)[C@@H]1C(=O)N[C@@H](C)C(=O)N[C@H](C(=O)OCC#N)Cc2ccc(OCCN)c(c2)-c2cc1ccc2OCCN. The predicted molar refractivity (Wildman–Crippen MR) is 242 cm³/mol. The van der Waals surface area contributed by atoms with Crippen molar-refractivity contribution in [3.8, 4) is 40.1 Å². The number of aromatic nitrogens is 2. The summed E-state index contributed by atoms with van der Waals surface area (Å²) in [6, 6.07) is 14.5. The predicted octanol–water partition coefficient (Wildman–Crippen LogP) is 2.35. The molecule has 1 aromatic heterocycles. The largest absolute Gasteiger partial charge is 0.492 e. The number of nitrogens with one attached hydrogen (secondary N) is 3. The van der Waals surface area contributed by atoms with E-state index in [0.29, 0.717) is 45.3 Å². The number of hydrogen-bond acceptors (Lipinski definition) is 14. The van der Waals surface area contributed by atoms with E-state index < -0.39 is 60.4 Å². The van der Waals surface area contributed by atoms with Crippen LogP contribution in [0.2, 0.25) is 0 Å². The number of amides is 4. The smallest absolute Gasteiger partial charge is 0.330 e. The summed E-state index contributed by atoms with van der Waals surface area (Å²) < 4.78 is 17.3. The molecule has 0 spiro atoms. The Kier molecular flexibility index (Phi) is 16.7. The summed E-state index contributed by atoms with van der Waals surface area (Å²) in [5, 5.41) is 17.2. The van der Waals surface area contributed by atoms with E-state index >= 15 is 0 Å². The molecule has 65 heavy (non-hydrogen) atoms. The quantitative estimate of drug-likeness (QED) is 0.0936. The molecule has 344 valence electrons. The zero-order chi connectivity index (χ0) is 47.4. The molecular weight excluding hydrogens is 833 g/mol. The first kappa shape index (κ1) is 49.1. The molecule has 0 unspecified atom stereocenters. The van der Waals surface area contributed by atoms with Crippen LogP contribution in [0.1, 0.15) is 72.9 Å². The number of carbonyl (C=O) groups is 5. The van der Waals surface area contributed by atoms with Gasteiger partial charge >= 0.3 is 5.97 Å². The number of esters is 1. The van der Waals surface area contributed by atoms with Crippen LogP contribution in [0.3, 0.4) is 0 Å². The maximum Gasteiger partial charge on any atom is 0.330 e. The first-order valence-electron chi connectivity index (χ1n) is 21.3. The highest BCUT2D eigenvalue weighted by Gasteiger charge is 2.36. The molecule has 1 aliphatic rings. The summed E-state index contributed by atoms with van der Waals surface area (Å²) in [6.07, 6.45) is 1.34. The minimum atomic E-state index is -1.41. The average Bonchev–Trinajstić information content (AvgIpc) is 3.28. The van der Waals surface area contributed by atoms with Gasteiger partial charge < -0.3 is 52.3 Å². The van der Waals surface area contributed by atoms with Crippen LogP contribution in [0.4, 0.5) is 0 Å². The second-order valence-electron chi connectivity index (χ2n) is 16.6. The number of nitrogens with zero attached hydrogens (tertiary/aromatic N) is 4. The fourth-order valence-electron chi connectivity index (χ4n) is 7.25.